The zero-order chi connectivity index (χ0) is 28.2. The lowest BCUT2D eigenvalue weighted by molar-refractivity contribution is 0.130. The number of rotatable bonds is 9. The van der Waals surface area contributed by atoms with Gasteiger partial charge in [-0.25, -0.2) is 18.7 Å². The number of piperidine rings is 1. The number of halogens is 2. The third kappa shape index (κ3) is 6.13. The van der Waals surface area contributed by atoms with Crippen molar-refractivity contribution < 1.29 is 23.4 Å². The number of likely N-dealkylation sites (tertiary alicyclic amines) is 1. The highest BCUT2D eigenvalue weighted by Gasteiger charge is 2.25. The molecule has 210 valence electrons. The fourth-order valence-corrected chi connectivity index (χ4v) is 5.09. The lowest BCUT2D eigenvalue weighted by Crippen LogP contribution is -2.42. The van der Waals surface area contributed by atoms with Gasteiger partial charge in [0.05, 0.1) is 29.3 Å². The number of hydrogen-bond donors (Lipinski definition) is 1. The number of aliphatic hydroxyl groups is 1. The Morgan fingerprint density at radius 3 is 2.65 bits per heavy atom. The Bertz CT molecular complexity index is 1540. The first-order valence-electron chi connectivity index (χ1n) is 13.4. The number of ether oxygens (including phenoxy) is 2. The zero-order valence-electron chi connectivity index (χ0n) is 22.5. The van der Waals surface area contributed by atoms with Crippen molar-refractivity contribution in [1.82, 2.24) is 19.4 Å². The highest BCUT2D eigenvalue weighted by molar-refractivity contribution is 5.81. The Kier molecular flexibility index (Phi) is 8.37. The molecule has 0 unspecified atom stereocenters. The molecule has 40 heavy (non-hydrogen) atoms. The predicted octanol–water partition coefficient (Wildman–Crippen LogP) is 5.02. The molecule has 0 saturated carbocycles. The van der Waals surface area contributed by atoms with E-state index in [4.69, 9.17) is 19.6 Å². The van der Waals surface area contributed by atoms with Crippen LogP contribution in [0.25, 0.3) is 22.3 Å². The van der Waals surface area contributed by atoms with Crippen molar-refractivity contribution in [1.29, 1.82) is 0 Å². The van der Waals surface area contributed by atoms with Gasteiger partial charge in [-0.1, -0.05) is 0 Å². The fraction of sp³-hybridized carbons (Fsp3) is 0.367. The minimum Gasteiger partial charge on any atom is -0.491 e. The maximum absolute atomic E-state index is 15.4. The molecule has 10 heteroatoms. The van der Waals surface area contributed by atoms with Crippen LogP contribution in [-0.2, 0) is 6.54 Å². The van der Waals surface area contributed by atoms with E-state index in [1.807, 2.05) is 0 Å². The molecule has 4 aromatic rings. The van der Waals surface area contributed by atoms with Crippen LogP contribution in [0, 0.1) is 17.6 Å². The Morgan fingerprint density at radius 2 is 1.93 bits per heavy atom. The maximum Gasteiger partial charge on any atom is 0.261 e. The van der Waals surface area contributed by atoms with Gasteiger partial charge in [0, 0.05) is 31.3 Å². The van der Waals surface area contributed by atoms with Gasteiger partial charge in [-0.05, 0) is 75.5 Å². The SMILES string of the molecule is CC(C)N1CCC[C@H](Cn2c(-c3ccc(OCCO)cc3F)nc3ccc(Oc4ccc(F)cn4)cc3c2=O)C1. The summed E-state index contributed by atoms with van der Waals surface area (Å²) in [5.41, 5.74) is 0.269. The van der Waals surface area contributed by atoms with Crippen molar-refractivity contribution in [3.8, 4) is 28.8 Å². The van der Waals surface area contributed by atoms with E-state index in [0.717, 1.165) is 32.1 Å². The molecule has 1 aliphatic heterocycles. The molecule has 2 aromatic carbocycles. The van der Waals surface area contributed by atoms with Gasteiger partial charge in [-0.2, -0.15) is 0 Å². The molecule has 0 aliphatic carbocycles. The second-order valence-corrected chi connectivity index (χ2v) is 10.3. The average molecular weight is 551 g/mol. The summed E-state index contributed by atoms with van der Waals surface area (Å²) in [6.07, 6.45) is 3.02. The highest BCUT2D eigenvalue weighted by atomic mass is 19.1. The third-order valence-electron chi connectivity index (χ3n) is 7.11. The van der Waals surface area contributed by atoms with Crippen molar-refractivity contribution in [3.63, 3.8) is 0 Å². The summed E-state index contributed by atoms with van der Waals surface area (Å²) in [6.45, 7) is 6.39. The van der Waals surface area contributed by atoms with E-state index in [1.165, 1.54) is 18.2 Å². The molecule has 2 aromatic heterocycles. The van der Waals surface area contributed by atoms with Crippen molar-refractivity contribution in [2.24, 2.45) is 5.92 Å². The Morgan fingerprint density at radius 1 is 1.10 bits per heavy atom. The monoisotopic (exact) mass is 550 g/mol. The molecule has 5 rings (SSSR count). The molecule has 0 radical (unpaired) electrons. The van der Waals surface area contributed by atoms with Crippen LogP contribution in [-0.4, -0.2) is 56.9 Å². The van der Waals surface area contributed by atoms with Crippen LogP contribution in [0.5, 0.6) is 17.4 Å². The van der Waals surface area contributed by atoms with Crippen LogP contribution < -0.4 is 15.0 Å². The summed E-state index contributed by atoms with van der Waals surface area (Å²) >= 11 is 0. The first-order valence-corrected chi connectivity index (χ1v) is 13.4. The quantitative estimate of drug-likeness (QED) is 0.313. The Balaban J connectivity index is 1.57. The third-order valence-corrected chi connectivity index (χ3v) is 7.11. The van der Waals surface area contributed by atoms with Gasteiger partial charge in [0.15, 0.2) is 0 Å². The van der Waals surface area contributed by atoms with Crippen LogP contribution in [0.2, 0.25) is 0 Å². The average Bonchev–Trinajstić information content (AvgIpc) is 2.95. The molecule has 1 fully saturated rings. The van der Waals surface area contributed by atoms with Crippen LogP contribution in [0.15, 0.2) is 59.5 Å². The summed E-state index contributed by atoms with van der Waals surface area (Å²) < 4.78 is 41.3. The van der Waals surface area contributed by atoms with Crippen LogP contribution in [0.3, 0.4) is 0 Å². The number of hydrogen-bond acceptors (Lipinski definition) is 7. The first-order chi connectivity index (χ1) is 19.3. The molecule has 1 atom stereocenters. The van der Waals surface area contributed by atoms with Gasteiger partial charge < -0.3 is 19.5 Å². The lowest BCUT2D eigenvalue weighted by Gasteiger charge is -2.35. The van der Waals surface area contributed by atoms with E-state index in [-0.39, 0.29) is 47.7 Å². The second kappa shape index (κ2) is 12.1. The Labute approximate surface area is 230 Å². The van der Waals surface area contributed by atoms with E-state index < -0.39 is 11.6 Å². The predicted molar refractivity (Wildman–Crippen MR) is 148 cm³/mol. The van der Waals surface area contributed by atoms with E-state index in [1.54, 1.807) is 34.9 Å². The molecule has 0 amide bonds. The molecule has 0 bridgehead atoms. The van der Waals surface area contributed by atoms with Crippen molar-refractivity contribution in [2.75, 3.05) is 26.3 Å². The largest absolute Gasteiger partial charge is 0.491 e. The van der Waals surface area contributed by atoms with E-state index in [2.05, 4.69) is 23.7 Å². The minimum atomic E-state index is -0.578. The van der Waals surface area contributed by atoms with Gasteiger partial charge in [0.2, 0.25) is 5.88 Å². The molecule has 1 aliphatic rings. The van der Waals surface area contributed by atoms with Crippen molar-refractivity contribution >= 4 is 10.9 Å². The smallest absolute Gasteiger partial charge is 0.261 e. The fourth-order valence-electron chi connectivity index (χ4n) is 5.09. The number of pyridine rings is 1. The topological polar surface area (TPSA) is 89.7 Å². The van der Waals surface area contributed by atoms with Gasteiger partial charge in [0.1, 0.15) is 35.6 Å². The molecular formula is C30H32F2N4O4. The maximum atomic E-state index is 15.4. The number of aliphatic hydroxyl groups excluding tert-OH is 1. The van der Waals surface area contributed by atoms with Gasteiger partial charge in [-0.3, -0.25) is 9.36 Å². The van der Waals surface area contributed by atoms with Crippen LogP contribution in [0.1, 0.15) is 26.7 Å². The second-order valence-electron chi connectivity index (χ2n) is 10.3. The standard InChI is InChI=1S/C30H32F2N4O4/c1-19(2)35-11-3-4-20(17-35)18-36-29(24-8-6-22(15-26(24)32)39-13-12-37)34-27-9-7-23(14-25(27)30(36)38)40-28-10-5-21(31)16-33-28/h5-10,14-16,19-20,37H,3-4,11-13,17-18H2,1-2H3/t20-/m0/s1. The van der Waals surface area contributed by atoms with Crippen molar-refractivity contribution in [2.45, 2.75) is 39.3 Å². The number of benzene rings is 2. The van der Waals surface area contributed by atoms with E-state index in [9.17, 15) is 9.18 Å². The molecular weight excluding hydrogens is 518 g/mol. The zero-order valence-corrected chi connectivity index (χ0v) is 22.5. The lowest BCUT2D eigenvalue weighted by atomic mass is 9.96. The highest BCUT2D eigenvalue weighted by Crippen LogP contribution is 2.29. The molecule has 3 heterocycles. The summed E-state index contributed by atoms with van der Waals surface area (Å²) in [5.74, 6) is 0.178. The summed E-state index contributed by atoms with van der Waals surface area (Å²) in [5, 5.41) is 9.34. The Hall–Kier alpha value is -3.89. The molecule has 8 nitrogen and oxygen atoms in total. The molecule has 1 saturated heterocycles. The van der Waals surface area contributed by atoms with Crippen LogP contribution >= 0.6 is 0 Å². The van der Waals surface area contributed by atoms with Crippen LogP contribution in [0.4, 0.5) is 8.78 Å². The minimum absolute atomic E-state index is 0.0452. The summed E-state index contributed by atoms with van der Waals surface area (Å²) in [7, 11) is 0. The summed E-state index contributed by atoms with van der Waals surface area (Å²) in [6, 6.07) is 12.3. The van der Waals surface area contributed by atoms with Crippen molar-refractivity contribution in [3.05, 3.63) is 76.7 Å². The normalized spacial score (nSPS) is 16.0. The molecule has 1 N–H and O–H groups in total. The number of nitrogens with zero attached hydrogens (tertiary/aromatic N) is 4. The molecule has 0 spiro atoms. The first kappa shape index (κ1) is 27.7. The summed E-state index contributed by atoms with van der Waals surface area (Å²) in [4.78, 5) is 25.0. The van der Waals surface area contributed by atoms with Gasteiger partial charge >= 0.3 is 0 Å². The van der Waals surface area contributed by atoms with E-state index >= 15 is 4.39 Å². The van der Waals surface area contributed by atoms with Gasteiger partial charge in [-0.15, -0.1) is 0 Å². The number of aromatic nitrogens is 3. The van der Waals surface area contributed by atoms with E-state index in [0.29, 0.717) is 29.2 Å². The number of fused-ring (bicyclic) bond motifs is 1. The van der Waals surface area contributed by atoms with Gasteiger partial charge in [0.25, 0.3) is 5.56 Å².